The van der Waals surface area contributed by atoms with Crippen LogP contribution < -0.4 is 19.8 Å². The minimum Gasteiger partial charge on any atom is -0.489 e. The summed E-state index contributed by atoms with van der Waals surface area (Å²) in [5.74, 6) is 0.996. The highest BCUT2D eigenvalue weighted by Gasteiger charge is 2.14. The first kappa shape index (κ1) is 23.9. The third kappa shape index (κ3) is 7.38. The van der Waals surface area contributed by atoms with Crippen LogP contribution in [0.1, 0.15) is 31.9 Å². The molecule has 1 N–H and O–H groups in total. The second kappa shape index (κ2) is 12.3. The molecule has 0 aliphatic carbocycles. The Bertz CT molecular complexity index is 1010. The topological polar surface area (TPSA) is 63.2 Å². The Labute approximate surface area is 195 Å². The molecule has 6 heteroatoms. The molecule has 1 atom stereocenters. The quantitative estimate of drug-likeness (QED) is 0.332. The number of rotatable bonds is 11. The molecule has 1 amide bonds. The van der Waals surface area contributed by atoms with Gasteiger partial charge < -0.3 is 14.4 Å². The van der Waals surface area contributed by atoms with Crippen molar-refractivity contribution in [1.82, 2.24) is 5.43 Å². The fourth-order valence-electron chi connectivity index (χ4n) is 3.23. The number of carbonyl (C=O) groups excluding carboxylic acids is 1. The lowest BCUT2D eigenvalue weighted by Crippen LogP contribution is -2.33. The first-order valence-corrected chi connectivity index (χ1v) is 11.2. The largest absolute Gasteiger partial charge is 0.489 e. The maximum absolute atomic E-state index is 12.3. The van der Waals surface area contributed by atoms with E-state index in [0.717, 1.165) is 30.0 Å². The molecule has 0 heterocycles. The van der Waals surface area contributed by atoms with Gasteiger partial charge in [-0.1, -0.05) is 42.5 Å². The van der Waals surface area contributed by atoms with Crippen molar-refractivity contribution in [3.8, 4) is 11.5 Å². The highest BCUT2D eigenvalue weighted by atomic mass is 16.5. The van der Waals surface area contributed by atoms with E-state index in [1.54, 1.807) is 25.3 Å². The zero-order chi connectivity index (χ0) is 23.5. The van der Waals surface area contributed by atoms with Crippen LogP contribution in [-0.2, 0) is 11.4 Å². The molecule has 172 valence electrons. The van der Waals surface area contributed by atoms with E-state index in [9.17, 15) is 4.79 Å². The van der Waals surface area contributed by atoms with E-state index in [4.69, 9.17) is 9.47 Å². The van der Waals surface area contributed by atoms with Gasteiger partial charge in [-0.25, -0.2) is 5.43 Å². The van der Waals surface area contributed by atoms with E-state index >= 15 is 0 Å². The molecular weight excluding hydrogens is 414 g/mol. The highest BCUT2D eigenvalue weighted by Crippen LogP contribution is 2.20. The lowest BCUT2D eigenvalue weighted by Gasteiger charge is -2.20. The minimum atomic E-state index is -0.691. The Kier molecular flexibility index (Phi) is 8.88. The van der Waals surface area contributed by atoms with Gasteiger partial charge in [0.1, 0.15) is 18.1 Å². The van der Waals surface area contributed by atoms with Crippen LogP contribution in [-0.4, -0.2) is 31.3 Å². The number of benzene rings is 3. The second-order valence-corrected chi connectivity index (χ2v) is 7.50. The van der Waals surface area contributed by atoms with Gasteiger partial charge in [-0.2, -0.15) is 5.10 Å². The number of ether oxygens (including phenoxy) is 2. The van der Waals surface area contributed by atoms with Crippen molar-refractivity contribution in [3.05, 3.63) is 90.0 Å². The van der Waals surface area contributed by atoms with Crippen molar-refractivity contribution in [3.63, 3.8) is 0 Å². The van der Waals surface area contributed by atoms with Crippen LogP contribution in [0.3, 0.4) is 0 Å². The highest BCUT2D eigenvalue weighted by molar-refractivity contribution is 5.84. The normalized spacial score (nSPS) is 11.7. The standard InChI is InChI=1S/C27H31N3O3/c1-4-30(5-2)24-13-11-22(12-14-24)19-28-29-27(31)21(3)33-26-17-15-25(16-18-26)32-20-23-9-7-6-8-10-23/h6-19,21H,4-5,20H2,1-3H3,(H,29,31)/b28-19+. The number of hydrogen-bond donors (Lipinski definition) is 1. The van der Waals surface area contributed by atoms with E-state index in [-0.39, 0.29) is 5.91 Å². The summed E-state index contributed by atoms with van der Waals surface area (Å²) in [7, 11) is 0. The molecule has 0 fully saturated rings. The number of nitrogens with zero attached hydrogens (tertiary/aromatic N) is 2. The first-order valence-electron chi connectivity index (χ1n) is 11.2. The Morgan fingerprint density at radius 3 is 2.21 bits per heavy atom. The lowest BCUT2D eigenvalue weighted by atomic mass is 10.2. The smallest absolute Gasteiger partial charge is 0.280 e. The first-order chi connectivity index (χ1) is 16.1. The molecular formula is C27H31N3O3. The SMILES string of the molecule is CCN(CC)c1ccc(/C=N/NC(=O)C(C)Oc2ccc(OCc3ccccc3)cc2)cc1. The van der Waals surface area contributed by atoms with Gasteiger partial charge in [-0.15, -0.1) is 0 Å². The fraction of sp³-hybridized carbons (Fsp3) is 0.259. The van der Waals surface area contributed by atoms with Gasteiger partial charge in [0.25, 0.3) is 5.91 Å². The number of amides is 1. The van der Waals surface area contributed by atoms with Gasteiger partial charge in [-0.3, -0.25) is 4.79 Å². The number of carbonyl (C=O) groups is 1. The predicted octanol–water partition coefficient (Wildman–Crippen LogP) is 5.03. The van der Waals surface area contributed by atoms with E-state index in [1.165, 1.54) is 5.69 Å². The van der Waals surface area contributed by atoms with Gasteiger partial charge in [-0.05, 0) is 68.3 Å². The van der Waals surface area contributed by atoms with Crippen LogP contribution in [0.2, 0.25) is 0 Å². The van der Waals surface area contributed by atoms with Crippen molar-refractivity contribution in [2.24, 2.45) is 5.10 Å². The number of hydrogen-bond acceptors (Lipinski definition) is 5. The van der Waals surface area contributed by atoms with Gasteiger partial charge in [0.05, 0.1) is 6.21 Å². The summed E-state index contributed by atoms with van der Waals surface area (Å²) >= 11 is 0. The summed E-state index contributed by atoms with van der Waals surface area (Å²) in [5.41, 5.74) is 5.71. The average Bonchev–Trinajstić information content (AvgIpc) is 2.86. The molecule has 3 aromatic carbocycles. The number of nitrogens with one attached hydrogen (secondary N) is 1. The molecule has 1 unspecified atom stereocenters. The zero-order valence-corrected chi connectivity index (χ0v) is 19.4. The van der Waals surface area contributed by atoms with E-state index in [0.29, 0.717) is 12.4 Å². The summed E-state index contributed by atoms with van der Waals surface area (Å²) in [5, 5.41) is 4.05. The van der Waals surface area contributed by atoms with Gasteiger partial charge in [0, 0.05) is 18.8 Å². The van der Waals surface area contributed by atoms with Crippen molar-refractivity contribution in [2.75, 3.05) is 18.0 Å². The van der Waals surface area contributed by atoms with Crippen LogP contribution in [0.25, 0.3) is 0 Å². The van der Waals surface area contributed by atoms with E-state index in [1.807, 2.05) is 54.6 Å². The monoisotopic (exact) mass is 445 g/mol. The van der Waals surface area contributed by atoms with Crippen molar-refractivity contribution in [2.45, 2.75) is 33.5 Å². The molecule has 0 saturated carbocycles. The molecule has 0 aliphatic heterocycles. The van der Waals surface area contributed by atoms with Crippen LogP contribution >= 0.6 is 0 Å². The Hall–Kier alpha value is -3.80. The van der Waals surface area contributed by atoms with Gasteiger partial charge in [0.2, 0.25) is 0 Å². The molecule has 0 spiro atoms. The molecule has 6 nitrogen and oxygen atoms in total. The molecule has 33 heavy (non-hydrogen) atoms. The lowest BCUT2D eigenvalue weighted by molar-refractivity contribution is -0.127. The van der Waals surface area contributed by atoms with Crippen LogP contribution in [0, 0.1) is 0 Å². The van der Waals surface area contributed by atoms with Crippen LogP contribution in [0.4, 0.5) is 5.69 Å². The van der Waals surface area contributed by atoms with Gasteiger partial charge in [0.15, 0.2) is 6.10 Å². The van der Waals surface area contributed by atoms with Crippen molar-refractivity contribution >= 4 is 17.8 Å². The zero-order valence-electron chi connectivity index (χ0n) is 19.4. The predicted molar refractivity (Wildman–Crippen MR) is 133 cm³/mol. The maximum atomic E-state index is 12.3. The van der Waals surface area contributed by atoms with E-state index < -0.39 is 6.10 Å². The summed E-state index contributed by atoms with van der Waals surface area (Å²) in [4.78, 5) is 14.6. The maximum Gasteiger partial charge on any atom is 0.280 e. The summed E-state index contributed by atoms with van der Waals surface area (Å²) in [6.07, 6.45) is 0.929. The molecule has 0 saturated heterocycles. The third-order valence-corrected chi connectivity index (χ3v) is 5.16. The molecule has 3 rings (SSSR count). The Morgan fingerprint density at radius 2 is 1.58 bits per heavy atom. The molecule has 0 bridgehead atoms. The van der Waals surface area contributed by atoms with Crippen molar-refractivity contribution < 1.29 is 14.3 Å². The fourth-order valence-corrected chi connectivity index (χ4v) is 3.23. The molecule has 0 aliphatic rings. The number of hydrazone groups is 1. The number of anilines is 1. The summed E-state index contributed by atoms with van der Waals surface area (Å²) in [6, 6.07) is 25.2. The van der Waals surface area contributed by atoms with Crippen LogP contribution in [0.5, 0.6) is 11.5 Å². The van der Waals surface area contributed by atoms with E-state index in [2.05, 4.69) is 41.4 Å². The Balaban J connectivity index is 1.45. The summed E-state index contributed by atoms with van der Waals surface area (Å²) in [6.45, 7) is 8.36. The second-order valence-electron chi connectivity index (χ2n) is 7.50. The molecule has 3 aromatic rings. The average molecular weight is 446 g/mol. The Morgan fingerprint density at radius 1 is 0.939 bits per heavy atom. The minimum absolute atomic E-state index is 0.324. The third-order valence-electron chi connectivity index (χ3n) is 5.16. The van der Waals surface area contributed by atoms with Crippen LogP contribution in [0.15, 0.2) is 84.0 Å². The summed E-state index contributed by atoms with van der Waals surface area (Å²) < 4.78 is 11.5. The van der Waals surface area contributed by atoms with Gasteiger partial charge >= 0.3 is 0 Å². The molecule has 0 aromatic heterocycles. The van der Waals surface area contributed by atoms with Crippen molar-refractivity contribution in [1.29, 1.82) is 0 Å². The molecule has 0 radical (unpaired) electrons.